The maximum Gasteiger partial charge on any atom is 0.226 e. The molecule has 0 saturated carbocycles. The van der Waals surface area contributed by atoms with Crippen LogP contribution < -0.4 is 5.32 Å². The van der Waals surface area contributed by atoms with E-state index in [0.29, 0.717) is 5.91 Å². The van der Waals surface area contributed by atoms with Crippen LogP contribution in [-0.2, 0) is 4.79 Å². The van der Waals surface area contributed by atoms with Crippen LogP contribution in [0.2, 0.25) is 0 Å². The summed E-state index contributed by atoms with van der Waals surface area (Å²) >= 11 is 0. The van der Waals surface area contributed by atoms with Gasteiger partial charge in [0, 0.05) is 25.6 Å². The molecule has 1 amide bonds. The van der Waals surface area contributed by atoms with Crippen molar-refractivity contribution in [2.24, 2.45) is 11.8 Å². The second-order valence-corrected chi connectivity index (χ2v) is 5.24. The summed E-state index contributed by atoms with van der Waals surface area (Å²) in [5.41, 5.74) is 0. The molecule has 0 spiro atoms. The number of hydrogen-bond donors (Lipinski definition) is 1. The van der Waals surface area contributed by atoms with Gasteiger partial charge in [-0.25, -0.2) is 0 Å². The van der Waals surface area contributed by atoms with E-state index in [0.717, 1.165) is 32.1 Å². The first-order valence-electron chi connectivity index (χ1n) is 7.18. The predicted octanol–water partition coefficient (Wildman–Crippen LogP) is 2.27. The Morgan fingerprint density at radius 2 is 2.12 bits per heavy atom. The summed E-state index contributed by atoms with van der Waals surface area (Å²) in [6.45, 7) is 10.1. The highest BCUT2D eigenvalue weighted by Gasteiger charge is 2.23. The number of likely N-dealkylation sites (tertiary alicyclic amines) is 1. The van der Waals surface area contributed by atoms with E-state index in [1.807, 2.05) is 6.92 Å². The van der Waals surface area contributed by atoms with Gasteiger partial charge in [-0.15, -0.1) is 0 Å². The first-order valence-corrected chi connectivity index (χ1v) is 7.18. The predicted molar refractivity (Wildman–Crippen MR) is 71.9 cm³/mol. The molecule has 2 atom stereocenters. The molecule has 0 aromatic carbocycles. The van der Waals surface area contributed by atoms with Crippen molar-refractivity contribution in [3.63, 3.8) is 0 Å². The number of nitrogens with one attached hydrogen (secondary N) is 1. The van der Waals surface area contributed by atoms with Gasteiger partial charge in [-0.2, -0.15) is 0 Å². The quantitative estimate of drug-likeness (QED) is 0.799. The summed E-state index contributed by atoms with van der Waals surface area (Å²) in [6, 6.07) is 0. The molecular formula is C14H28N2O. The number of nitrogens with zero attached hydrogens (tertiary/aromatic N) is 1. The van der Waals surface area contributed by atoms with Gasteiger partial charge >= 0.3 is 0 Å². The molecular weight excluding hydrogens is 212 g/mol. The van der Waals surface area contributed by atoms with Crippen LogP contribution in [0.1, 0.15) is 46.5 Å². The molecule has 0 aromatic heterocycles. The van der Waals surface area contributed by atoms with E-state index in [-0.39, 0.29) is 5.92 Å². The van der Waals surface area contributed by atoms with Crippen molar-refractivity contribution < 1.29 is 4.79 Å². The fraction of sp³-hybridized carbons (Fsp3) is 0.929. The lowest BCUT2D eigenvalue weighted by atomic mass is 9.98. The summed E-state index contributed by atoms with van der Waals surface area (Å²) in [7, 11) is 0. The van der Waals surface area contributed by atoms with E-state index < -0.39 is 0 Å². The summed E-state index contributed by atoms with van der Waals surface area (Å²) in [5.74, 6) is 1.28. The van der Waals surface area contributed by atoms with Gasteiger partial charge in [0.1, 0.15) is 0 Å². The van der Waals surface area contributed by atoms with Crippen molar-refractivity contribution in [2.45, 2.75) is 46.5 Å². The average Bonchev–Trinajstić information content (AvgIpc) is 2.60. The fourth-order valence-electron chi connectivity index (χ4n) is 2.55. The molecule has 3 heteroatoms. The Kier molecular flexibility index (Phi) is 6.56. The van der Waals surface area contributed by atoms with Gasteiger partial charge < -0.3 is 10.2 Å². The molecule has 1 rings (SSSR count). The van der Waals surface area contributed by atoms with Crippen molar-refractivity contribution in [3.05, 3.63) is 0 Å². The molecule has 17 heavy (non-hydrogen) atoms. The van der Waals surface area contributed by atoms with E-state index in [1.54, 1.807) is 0 Å². The Balaban J connectivity index is 2.40. The first-order chi connectivity index (χ1) is 8.19. The normalized spacial score (nSPS) is 23.2. The maximum absolute atomic E-state index is 12.2. The Labute approximate surface area is 106 Å². The lowest BCUT2D eigenvalue weighted by molar-refractivity contribution is -0.134. The van der Waals surface area contributed by atoms with E-state index in [9.17, 15) is 4.79 Å². The van der Waals surface area contributed by atoms with Gasteiger partial charge in [0.15, 0.2) is 0 Å². The molecule has 3 nitrogen and oxygen atoms in total. The first kappa shape index (κ1) is 14.5. The Morgan fingerprint density at radius 1 is 1.35 bits per heavy atom. The van der Waals surface area contributed by atoms with Crippen molar-refractivity contribution in [1.82, 2.24) is 10.2 Å². The Morgan fingerprint density at radius 3 is 2.76 bits per heavy atom. The summed E-state index contributed by atoms with van der Waals surface area (Å²) in [4.78, 5) is 14.3. The molecule has 1 saturated heterocycles. The summed E-state index contributed by atoms with van der Waals surface area (Å²) < 4.78 is 0. The van der Waals surface area contributed by atoms with E-state index >= 15 is 0 Å². The van der Waals surface area contributed by atoms with Crippen molar-refractivity contribution in [3.8, 4) is 0 Å². The third-order valence-corrected chi connectivity index (χ3v) is 3.86. The van der Waals surface area contributed by atoms with Crippen molar-refractivity contribution in [2.75, 3.05) is 26.2 Å². The molecule has 1 fully saturated rings. The Hall–Kier alpha value is -0.570. The molecule has 0 aromatic rings. The van der Waals surface area contributed by atoms with Crippen LogP contribution in [-0.4, -0.2) is 37.0 Å². The van der Waals surface area contributed by atoms with Crippen molar-refractivity contribution in [1.29, 1.82) is 0 Å². The number of carbonyl (C=O) groups is 1. The zero-order valence-corrected chi connectivity index (χ0v) is 11.7. The highest BCUT2D eigenvalue weighted by molar-refractivity contribution is 5.78. The second kappa shape index (κ2) is 7.70. The maximum atomic E-state index is 12.2. The van der Waals surface area contributed by atoms with Gasteiger partial charge in [-0.1, -0.05) is 27.2 Å². The van der Waals surface area contributed by atoms with Crippen LogP contribution in [0.15, 0.2) is 0 Å². The molecule has 0 radical (unpaired) electrons. The molecule has 1 N–H and O–H groups in total. The van der Waals surface area contributed by atoms with Gasteiger partial charge in [0.05, 0.1) is 0 Å². The van der Waals surface area contributed by atoms with Crippen LogP contribution in [0, 0.1) is 11.8 Å². The topological polar surface area (TPSA) is 32.3 Å². The average molecular weight is 240 g/mol. The van der Waals surface area contributed by atoms with Crippen LogP contribution in [0.4, 0.5) is 0 Å². The second-order valence-electron chi connectivity index (χ2n) is 5.24. The minimum Gasteiger partial charge on any atom is -0.342 e. The van der Waals surface area contributed by atoms with E-state index in [2.05, 4.69) is 24.1 Å². The largest absolute Gasteiger partial charge is 0.342 e. The highest BCUT2D eigenvalue weighted by Crippen LogP contribution is 2.21. The van der Waals surface area contributed by atoms with Crippen LogP contribution in [0.25, 0.3) is 0 Å². The highest BCUT2D eigenvalue weighted by atomic mass is 16.2. The van der Waals surface area contributed by atoms with E-state index in [4.69, 9.17) is 0 Å². The van der Waals surface area contributed by atoms with Gasteiger partial charge in [-0.3, -0.25) is 4.79 Å². The molecule has 100 valence electrons. The zero-order chi connectivity index (χ0) is 12.7. The third-order valence-electron chi connectivity index (χ3n) is 3.86. The molecule has 2 unspecified atom stereocenters. The number of amides is 1. The summed E-state index contributed by atoms with van der Waals surface area (Å²) in [6.07, 6.45) is 4.92. The van der Waals surface area contributed by atoms with Crippen molar-refractivity contribution >= 4 is 5.91 Å². The molecule has 1 aliphatic heterocycles. The molecule has 0 bridgehead atoms. The monoisotopic (exact) mass is 240 g/mol. The van der Waals surface area contributed by atoms with Crippen LogP contribution in [0.5, 0.6) is 0 Å². The summed E-state index contributed by atoms with van der Waals surface area (Å²) in [5, 5.41) is 3.26. The molecule has 0 aliphatic carbocycles. The standard InChI is InChI=1S/C14H28N2O/c1-4-13-7-6-9-16(10-8-13)14(17)12(3)11-15-5-2/h12-13,15H,4-11H2,1-3H3. The van der Waals surface area contributed by atoms with Gasteiger partial charge in [0.25, 0.3) is 0 Å². The smallest absolute Gasteiger partial charge is 0.226 e. The number of rotatable bonds is 5. The number of carbonyl (C=O) groups excluding carboxylic acids is 1. The lowest BCUT2D eigenvalue weighted by Crippen LogP contribution is -2.39. The third kappa shape index (κ3) is 4.66. The minimum atomic E-state index is 0.119. The SMILES string of the molecule is CCNCC(C)C(=O)N1CCCC(CC)CC1. The minimum absolute atomic E-state index is 0.119. The number of hydrogen-bond acceptors (Lipinski definition) is 2. The van der Waals surface area contributed by atoms with Gasteiger partial charge in [0.2, 0.25) is 5.91 Å². The Bertz CT molecular complexity index is 230. The van der Waals surface area contributed by atoms with E-state index in [1.165, 1.54) is 25.7 Å². The molecule has 1 heterocycles. The van der Waals surface area contributed by atoms with Gasteiger partial charge in [-0.05, 0) is 31.7 Å². The van der Waals surface area contributed by atoms with Crippen LogP contribution in [0.3, 0.4) is 0 Å². The van der Waals surface area contributed by atoms with Crippen LogP contribution >= 0.6 is 0 Å². The fourth-order valence-corrected chi connectivity index (χ4v) is 2.55. The zero-order valence-electron chi connectivity index (χ0n) is 11.7. The molecule has 1 aliphatic rings. The lowest BCUT2D eigenvalue weighted by Gasteiger charge is -2.24.